The number of aromatic nitrogens is 3. The molecule has 0 unspecified atom stereocenters. The van der Waals surface area contributed by atoms with Crippen molar-refractivity contribution < 1.29 is 0 Å². The molecule has 0 spiro atoms. The molecule has 0 atom stereocenters. The molecule has 4 nitrogen and oxygen atoms in total. The van der Waals surface area contributed by atoms with E-state index in [0.29, 0.717) is 10.7 Å². The summed E-state index contributed by atoms with van der Waals surface area (Å²) in [5.74, 6) is 0.248. The number of hydrogen-bond acceptors (Lipinski definition) is 4. The third-order valence-electron chi connectivity index (χ3n) is 1.70. The van der Waals surface area contributed by atoms with Crippen LogP contribution in [0.25, 0.3) is 0 Å². The number of para-hydroxylation sites is 1. The standard InChI is InChI=1S/C9H5Cl3N4.BH3/c10-5-3-1-2-4-6(5)13-9-15-7(11)14-8(12)16-9;/h1-4H,(H,13,14,15,16);1H3. The summed E-state index contributed by atoms with van der Waals surface area (Å²) in [6, 6.07) is 7.18. The van der Waals surface area contributed by atoms with Gasteiger partial charge in [0.25, 0.3) is 0 Å². The number of benzene rings is 1. The van der Waals surface area contributed by atoms with Gasteiger partial charge in [0.2, 0.25) is 16.5 Å². The van der Waals surface area contributed by atoms with E-state index in [0.717, 1.165) is 0 Å². The van der Waals surface area contributed by atoms with Gasteiger partial charge in [-0.15, -0.1) is 0 Å². The highest BCUT2D eigenvalue weighted by atomic mass is 35.5. The quantitative estimate of drug-likeness (QED) is 0.863. The molecule has 0 radical (unpaired) electrons. The number of rotatable bonds is 2. The zero-order chi connectivity index (χ0) is 11.5. The average Bonchev–Trinajstić information content (AvgIpc) is 2.20. The lowest BCUT2D eigenvalue weighted by molar-refractivity contribution is 1.05. The van der Waals surface area contributed by atoms with Crippen LogP contribution in [0.4, 0.5) is 11.6 Å². The van der Waals surface area contributed by atoms with E-state index in [9.17, 15) is 0 Å². The van der Waals surface area contributed by atoms with Crippen LogP contribution in [-0.2, 0) is 0 Å². The van der Waals surface area contributed by atoms with Gasteiger partial charge in [-0.05, 0) is 35.3 Å². The zero-order valence-electron chi connectivity index (χ0n) is 7.78. The normalized spacial score (nSPS) is 9.59. The van der Waals surface area contributed by atoms with Crippen molar-refractivity contribution in [3.05, 3.63) is 39.9 Å². The monoisotopic (exact) mass is 288 g/mol. The van der Waals surface area contributed by atoms with Gasteiger partial charge in [0, 0.05) is 0 Å². The highest BCUT2D eigenvalue weighted by molar-refractivity contribution is 6.33. The molecule has 2 rings (SSSR count). The molecular weight excluding hydrogens is 281 g/mol. The number of nitrogens with one attached hydrogen (secondary N) is 1. The van der Waals surface area contributed by atoms with Crippen molar-refractivity contribution in [2.24, 2.45) is 0 Å². The van der Waals surface area contributed by atoms with Crippen molar-refractivity contribution in [1.82, 2.24) is 15.0 Å². The topological polar surface area (TPSA) is 50.7 Å². The van der Waals surface area contributed by atoms with Gasteiger partial charge in [0.1, 0.15) is 0 Å². The molecule has 0 aliphatic rings. The SMILES string of the molecule is B.Clc1nc(Cl)nc(Nc2ccccc2Cl)n1. The summed E-state index contributed by atoms with van der Waals surface area (Å²) < 4.78 is 0. The third kappa shape index (κ3) is 3.73. The second kappa shape index (κ2) is 6.05. The first-order chi connectivity index (χ1) is 7.65. The lowest BCUT2D eigenvalue weighted by atomic mass is 10.3. The average molecular weight is 289 g/mol. The summed E-state index contributed by atoms with van der Waals surface area (Å²) in [4.78, 5) is 11.4. The Morgan fingerprint density at radius 1 is 0.882 bits per heavy atom. The van der Waals surface area contributed by atoms with Gasteiger partial charge in [-0.3, -0.25) is 0 Å². The maximum atomic E-state index is 5.95. The predicted molar refractivity (Wildman–Crippen MR) is 74.5 cm³/mol. The predicted octanol–water partition coefficient (Wildman–Crippen LogP) is 2.39. The van der Waals surface area contributed by atoms with Crippen LogP contribution in [0.5, 0.6) is 0 Å². The van der Waals surface area contributed by atoms with Gasteiger partial charge in [-0.25, -0.2) is 0 Å². The van der Waals surface area contributed by atoms with Crippen LogP contribution in [0.3, 0.4) is 0 Å². The molecule has 0 saturated carbocycles. The first-order valence-electron chi connectivity index (χ1n) is 4.24. The van der Waals surface area contributed by atoms with E-state index in [2.05, 4.69) is 20.3 Å². The molecule has 0 aliphatic heterocycles. The molecule has 2 aromatic rings. The Morgan fingerprint density at radius 3 is 2.06 bits per heavy atom. The summed E-state index contributed by atoms with van der Waals surface area (Å²) in [5.41, 5.74) is 0.669. The first-order valence-corrected chi connectivity index (χ1v) is 5.37. The van der Waals surface area contributed by atoms with Gasteiger partial charge >= 0.3 is 0 Å². The van der Waals surface area contributed by atoms with E-state index in [4.69, 9.17) is 34.8 Å². The smallest absolute Gasteiger partial charge is 0.232 e. The molecule has 1 N–H and O–H groups in total. The van der Waals surface area contributed by atoms with Gasteiger partial charge in [0.05, 0.1) is 19.1 Å². The molecule has 88 valence electrons. The van der Waals surface area contributed by atoms with Crippen molar-refractivity contribution in [3.8, 4) is 0 Å². The van der Waals surface area contributed by atoms with E-state index in [-0.39, 0.29) is 24.9 Å². The Labute approximate surface area is 115 Å². The van der Waals surface area contributed by atoms with Crippen LogP contribution in [0.2, 0.25) is 15.6 Å². The van der Waals surface area contributed by atoms with Crippen molar-refractivity contribution in [3.63, 3.8) is 0 Å². The molecule has 1 aromatic carbocycles. The Balaban J connectivity index is 0.00000144. The molecule has 17 heavy (non-hydrogen) atoms. The molecule has 0 fully saturated rings. The minimum absolute atomic E-state index is 0. The Bertz CT molecular complexity index is 503. The summed E-state index contributed by atoms with van der Waals surface area (Å²) in [6.45, 7) is 0. The molecule has 1 heterocycles. The molecule has 0 amide bonds. The minimum Gasteiger partial charge on any atom is -0.323 e. The second-order valence-corrected chi connectivity index (χ2v) is 3.89. The van der Waals surface area contributed by atoms with Crippen LogP contribution in [0.15, 0.2) is 24.3 Å². The van der Waals surface area contributed by atoms with E-state index < -0.39 is 0 Å². The number of anilines is 2. The fourth-order valence-corrected chi connectivity index (χ4v) is 1.61. The highest BCUT2D eigenvalue weighted by Crippen LogP contribution is 2.23. The Hall–Kier alpha value is -1.04. The molecular formula is C9H8BCl3N4. The molecule has 1 aromatic heterocycles. The number of hydrogen-bond donors (Lipinski definition) is 1. The summed E-state index contributed by atoms with van der Waals surface area (Å²) in [6.07, 6.45) is 0. The van der Waals surface area contributed by atoms with E-state index >= 15 is 0 Å². The van der Waals surface area contributed by atoms with Crippen molar-refractivity contribution in [2.45, 2.75) is 0 Å². The first kappa shape index (κ1) is 14.0. The molecule has 8 heteroatoms. The Morgan fingerprint density at radius 2 is 1.47 bits per heavy atom. The Kier molecular flexibility index (Phi) is 4.99. The third-order valence-corrected chi connectivity index (χ3v) is 2.37. The van der Waals surface area contributed by atoms with Crippen LogP contribution in [-0.4, -0.2) is 23.4 Å². The van der Waals surface area contributed by atoms with E-state index in [1.54, 1.807) is 12.1 Å². The largest absolute Gasteiger partial charge is 0.323 e. The van der Waals surface area contributed by atoms with Gasteiger partial charge < -0.3 is 5.32 Å². The fraction of sp³-hybridized carbons (Fsp3) is 0. The maximum Gasteiger partial charge on any atom is 0.232 e. The molecule has 0 saturated heterocycles. The summed E-state index contributed by atoms with van der Waals surface area (Å²) in [7, 11) is 0. The van der Waals surface area contributed by atoms with E-state index in [1.807, 2.05) is 12.1 Å². The maximum absolute atomic E-state index is 5.95. The number of halogens is 3. The second-order valence-electron chi connectivity index (χ2n) is 2.80. The zero-order valence-corrected chi connectivity index (χ0v) is 10.1. The minimum atomic E-state index is 0. The lowest BCUT2D eigenvalue weighted by Crippen LogP contribution is -1.99. The van der Waals surface area contributed by atoms with Crippen molar-refractivity contribution >= 4 is 54.9 Å². The van der Waals surface area contributed by atoms with Crippen molar-refractivity contribution in [2.75, 3.05) is 5.32 Å². The summed E-state index contributed by atoms with van der Waals surface area (Å²) >= 11 is 17.2. The van der Waals surface area contributed by atoms with E-state index in [1.165, 1.54) is 0 Å². The summed E-state index contributed by atoms with van der Waals surface area (Å²) in [5, 5.41) is 3.49. The number of nitrogens with zero attached hydrogens (tertiary/aromatic N) is 3. The van der Waals surface area contributed by atoms with Gasteiger partial charge in [0.15, 0.2) is 0 Å². The highest BCUT2D eigenvalue weighted by Gasteiger charge is 2.05. The van der Waals surface area contributed by atoms with Gasteiger partial charge in [-0.2, -0.15) is 15.0 Å². The van der Waals surface area contributed by atoms with Crippen LogP contribution in [0.1, 0.15) is 0 Å². The molecule has 0 aliphatic carbocycles. The molecule has 0 bridgehead atoms. The van der Waals surface area contributed by atoms with Crippen LogP contribution in [0, 0.1) is 0 Å². The van der Waals surface area contributed by atoms with Crippen LogP contribution < -0.4 is 5.32 Å². The fourth-order valence-electron chi connectivity index (χ4n) is 1.06. The van der Waals surface area contributed by atoms with Crippen LogP contribution >= 0.6 is 34.8 Å². The van der Waals surface area contributed by atoms with Crippen molar-refractivity contribution in [1.29, 1.82) is 0 Å². The lowest BCUT2D eigenvalue weighted by Gasteiger charge is -2.06. The van der Waals surface area contributed by atoms with Gasteiger partial charge in [-0.1, -0.05) is 23.7 Å².